The normalized spacial score (nSPS) is 17.6. The van der Waals surface area contributed by atoms with Crippen LogP contribution in [0.3, 0.4) is 0 Å². The number of rotatable bonds is 4. The summed E-state index contributed by atoms with van der Waals surface area (Å²) >= 11 is 0. The van der Waals surface area contributed by atoms with Gasteiger partial charge in [0.2, 0.25) is 0 Å². The van der Waals surface area contributed by atoms with E-state index in [1.165, 1.54) is 0 Å². The van der Waals surface area contributed by atoms with E-state index in [0.29, 0.717) is 23.8 Å². The van der Waals surface area contributed by atoms with Crippen LogP contribution in [-0.4, -0.2) is 38.8 Å². The van der Waals surface area contributed by atoms with Gasteiger partial charge in [0.1, 0.15) is 11.6 Å². The largest absolute Gasteiger partial charge is 0.489 e. The lowest BCUT2D eigenvalue weighted by Gasteiger charge is -2.34. The van der Waals surface area contributed by atoms with Gasteiger partial charge in [0.15, 0.2) is 5.82 Å². The number of likely N-dealkylation sites (tertiary alicyclic amines) is 1. The van der Waals surface area contributed by atoms with Crippen LogP contribution < -0.4 is 10.1 Å². The van der Waals surface area contributed by atoms with E-state index < -0.39 is 0 Å². The maximum atomic E-state index is 12.9. The summed E-state index contributed by atoms with van der Waals surface area (Å²) in [5.74, 6) is 2.11. The Balaban J connectivity index is 1.77. The van der Waals surface area contributed by atoms with Gasteiger partial charge in [0, 0.05) is 6.54 Å². The fourth-order valence-electron chi connectivity index (χ4n) is 3.07. The van der Waals surface area contributed by atoms with Gasteiger partial charge in [-0.2, -0.15) is 5.10 Å². The van der Waals surface area contributed by atoms with Crippen molar-refractivity contribution in [2.45, 2.75) is 52.2 Å². The Morgan fingerprint density at radius 2 is 2.16 bits per heavy atom. The van der Waals surface area contributed by atoms with Crippen molar-refractivity contribution < 1.29 is 9.53 Å². The number of carbonyl (C=O) groups is 1. The molecule has 0 saturated carbocycles. The van der Waals surface area contributed by atoms with Crippen LogP contribution >= 0.6 is 0 Å². The molecule has 2 aromatic rings. The first-order valence-electron chi connectivity index (χ1n) is 8.77. The number of carbonyl (C=O) groups excluding carboxylic acids is 1. The Kier molecular flexibility index (Phi) is 5.21. The molecule has 1 aliphatic rings. The number of H-pyrrole nitrogens is 1. The van der Waals surface area contributed by atoms with Crippen molar-refractivity contribution in [3.63, 3.8) is 0 Å². The summed E-state index contributed by atoms with van der Waals surface area (Å²) in [5.41, 5.74) is 0.677. The third-order valence-electron chi connectivity index (χ3n) is 4.17. The molecule has 0 aliphatic carbocycles. The smallest absolute Gasteiger partial charge is 0.322 e. The number of hydrogen-bond acceptors (Lipinski definition) is 4. The number of anilines is 1. The molecule has 1 aromatic heterocycles. The highest BCUT2D eigenvalue weighted by Gasteiger charge is 2.31. The van der Waals surface area contributed by atoms with Crippen LogP contribution in [0.1, 0.15) is 50.8 Å². The minimum atomic E-state index is -0.146. The highest BCUT2D eigenvalue weighted by atomic mass is 16.5. The van der Waals surface area contributed by atoms with E-state index in [1.54, 1.807) is 0 Å². The molecule has 0 unspecified atom stereocenters. The van der Waals surface area contributed by atoms with Crippen molar-refractivity contribution in [1.82, 2.24) is 20.1 Å². The van der Waals surface area contributed by atoms with Crippen LogP contribution in [0, 0.1) is 6.92 Å². The predicted molar refractivity (Wildman–Crippen MR) is 95.6 cm³/mol. The van der Waals surface area contributed by atoms with Crippen LogP contribution in [0.15, 0.2) is 24.3 Å². The number of benzene rings is 1. The SMILES string of the molecule is Cc1nc([C@@H]2CCCCN2C(=O)Nc2ccccc2OC(C)C)n[nH]1. The van der Waals surface area contributed by atoms with Gasteiger partial charge in [-0.05, 0) is 52.2 Å². The molecule has 2 heterocycles. The molecule has 2 N–H and O–H groups in total. The van der Waals surface area contributed by atoms with Gasteiger partial charge in [-0.3, -0.25) is 5.10 Å². The molecule has 3 rings (SSSR count). The van der Waals surface area contributed by atoms with Crippen LogP contribution in [0.2, 0.25) is 0 Å². The zero-order chi connectivity index (χ0) is 17.8. The van der Waals surface area contributed by atoms with Gasteiger partial charge in [-0.25, -0.2) is 9.78 Å². The van der Waals surface area contributed by atoms with E-state index >= 15 is 0 Å². The number of nitrogens with one attached hydrogen (secondary N) is 2. The topological polar surface area (TPSA) is 83.1 Å². The lowest BCUT2D eigenvalue weighted by molar-refractivity contribution is 0.159. The highest BCUT2D eigenvalue weighted by Crippen LogP contribution is 2.31. The summed E-state index contributed by atoms with van der Waals surface area (Å²) in [6, 6.07) is 7.25. The first-order valence-corrected chi connectivity index (χ1v) is 8.77. The number of nitrogens with zero attached hydrogens (tertiary/aromatic N) is 3. The van der Waals surface area contributed by atoms with E-state index in [9.17, 15) is 4.79 Å². The summed E-state index contributed by atoms with van der Waals surface area (Å²) in [6.45, 7) is 6.48. The second-order valence-corrected chi connectivity index (χ2v) is 6.58. The number of ether oxygens (including phenoxy) is 1. The van der Waals surface area contributed by atoms with E-state index in [0.717, 1.165) is 25.1 Å². The average Bonchev–Trinajstić information content (AvgIpc) is 3.02. The van der Waals surface area contributed by atoms with E-state index in [2.05, 4.69) is 20.5 Å². The summed E-state index contributed by atoms with van der Waals surface area (Å²) in [6.07, 6.45) is 2.96. The molecule has 25 heavy (non-hydrogen) atoms. The van der Waals surface area contributed by atoms with Crippen molar-refractivity contribution in [2.24, 2.45) is 0 Å². The molecule has 2 amide bonds. The third-order valence-corrected chi connectivity index (χ3v) is 4.17. The van der Waals surface area contributed by atoms with Crippen LogP contribution in [0.5, 0.6) is 5.75 Å². The average molecular weight is 343 g/mol. The summed E-state index contributed by atoms with van der Waals surface area (Å²) in [5, 5.41) is 10.1. The quantitative estimate of drug-likeness (QED) is 0.887. The zero-order valence-electron chi connectivity index (χ0n) is 15.0. The molecular weight excluding hydrogens is 318 g/mol. The van der Waals surface area contributed by atoms with E-state index in [-0.39, 0.29) is 18.2 Å². The van der Waals surface area contributed by atoms with E-state index in [1.807, 2.05) is 49.9 Å². The van der Waals surface area contributed by atoms with Gasteiger partial charge in [-0.15, -0.1) is 0 Å². The van der Waals surface area contributed by atoms with Gasteiger partial charge in [-0.1, -0.05) is 12.1 Å². The monoisotopic (exact) mass is 343 g/mol. The Morgan fingerprint density at radius 1 is 1.36 bits per heavy atom. The maximum absolute atomic E-state index is 12.9. The number of aromatic nitrogens is 3. The number of hydrogen-bond donors (Lipinski definition) is 2. The van der Waals surface area contributed by atoms with Crippen molar-refractivity contribution in [1.29, 1.82) is 0 Å². The third kappa shape index (κ3) is 4.10. The molecular formula is C18H25N5O2. The minimum Gasteiger partial charge on any atom is -0.489 e. The Labute approximate surface area is 147 Å². The molecule has 1 atom stereocenters. The molecule has 134 valence electrons. The minimum absolute atomic E-state index is 0.0389. The molecule has 0 bridgehead atoms. The molecule has 0 radical (unpaired) electrons. The lowest BCUT2D eigenvalue weighted by atomic mass is 10.0. The van der Waals surface area contributed by atoms with Crippen molar-refractivity contribution in [3.05, 3.63) is 35.9 Å². The van der Waals surface area contributed by atoms with Crippen LogP contribution in [-0.2, 0) is 0 Å². The Hall–Kier alpha value is -2.57. The second-order valence-electron chi connectivity index (χ2n) is 6.58. The number of amides is 2. The molecule has 7 nitrogen and oxygen atoms in total. The number of piperidine rings is 1. The lowest BCUT2D eigenvalue weighted by Crippen LogP contribution is -2.41. The van der Waals surface area contributed by atoms with Crippen LogP contribution in [0.25, 0.3) is 0 Å². The summed E-state index contributed by atoms with van der Waals surface area (Å²) < 4.78 is 5.79. The van der Waals surface area contributed by atoms with E-state index in [4.69, 9.17) is 4.74 Å². The molecule has 1 saturated heterocycles. The standard InChI is InChI=1S/C18H25N5O2/c1-12(2)25-16-10-5-4-8-14(16)20-18(24)23-11-7-6-9-15(23)17-19-13(3)21-22-17/h4-5,8,10,12,15H,6-7,9,11H2,1-3H3,(H,20,24)(H,19,21,22)/t15-/m0/s1. The van der Waals surface area contributed by atoms with Gasteiger partial charge < -0.3 is 15.0 Å². The van der Waals surface area contributed by atoms with Crippen LogP contribution in [0.4, 0.5) is 10.5 Å². The summed E-state index contributed by atoms with van der Waals surface area (Å²) in [4.78, 5) is 19.1. The fourth-order valence-corrected chi connectivity index (χ4v) is 3.07. The number of aryl methyl sites for hydroxylation is 1. The van der Waals surface area contributed by atoms with Gasteiger partial charge in [0.05, 0.1) is 17.8 Å². The molecule has 1 aliphatic heterocycles. The first-order chi connectivity index (χ1) is 12.0. The molecule has 1 fully saturated rings. The predicted octanol–water partition coefficient (Wildman–Crippen LogP) is 3.66. The Morgan fingerprint density at radius 3 is 2.88 bits per heavy atom. The first kappa shape index (κ1) is 17.3. The molecule has 7 heteroatoms. The second kappa shape index (κ2) is 7.55. The zero-order valence-corrected chi connectivity index (χ0v) is 15.0. The number of para-hydroxylation sites is 2. The molecule has 1 aromatic carbocycles. The molecule has 0 spiro atoms. The van der Waals surface area contributed by atoms with Crippen molar-refractivity contribution in [2.75, 3.05) is 11.9 Å². The maximum Gasteiger partial charge on any atom is 0.322 e. The van der Waals surface area contributed by atoms with Crippen molar-refractivity contribution in [3.8, 4) is 5.75 Å². The highest BCUT2D eigenvalue weighted by molar-refractivity contribution is 5.91. The van der Waals surface area contributed by atoms with Crippen molar-refractivity contribution >= 4 is 11.7 Å². The number of urea groups is 1. The van der Waals surface area contributed by atoms with Gasteiger partial charge >= 0.3 is 6.03 Å². The van der Waals surface area contributed by atoms with Gasteiger partial charge in [0.25, 0.3) is 0 Å². The summed E-state index contributed by atoms with van der Waals surface area (Å²) in [7, 11) is 0. The fraction of sp³-hybridized carbons (Fsp3) is 0.500. The number of aromatic amines is 1. The Bertz CT molecular complexity index is 728.